The second-order valence-electron chi connectivity index (χ2n) is 6.54. The van der Waals surface area contributed by atoms with Gasteiger partial charge in [0.15, 0.2) is 6.10 Å². The maximum absolute atomic E-state index is 12.9. The fourth-order valence-electron chi connectivity index (χ4n) is 3.21. The minimum atomic E-state index is -0.981. The molecule has 2 amide bonds. The summed E-state index contributed by atoms with van der Waals surface area (Å²) in [6.45, 7) is -0.520. The van der Waals surface area contributed by atoms with Crippen molar-refractivity contribution >= 4 is 34.3 Å². The Hall–Kier alpha value is -2.87. The molecule has 0 bridgehead atoms. The minimum Gasteiger partial charge on any atom is -0.376 e. The summed E-state index contributed by atoms with van der Waals surface area (Å²) < 4.78 is 5.34. The average Bonchev–Trinajstić information content (AvgIpc) is 3.13. The van der Waals surface area contributed by atoms with Crippen LogP contribution in [0.3, 0.4) is 0 Å². The third-order valence-electron chi connectivity index (χ3n) is 4.57. The lowest BCUT2D eigenvalue weighted by molar-refractivity contribution is -0.133. The van der Waals surface area contributed by atoms with Gasteiger partial charge in [0.25, 0.3) is 11.8 Å². The van der Waals surface area contributed by atoms with E-state index in [1.807, 2.05) is 30.3 Å². The fourth-order valence-corrected chi connectivity index (χ4v) is 3.39. The number of rotatable bonds is 8. The van der Waals surface area contributed by atoms with Gasteiger partial charge in [0, 0.05) is 23.0 Å². The van der Waals surface area contributed by atoms with Crippen molar-refractivity contribution in [2.45, 2.75) is 18.6 Å². The third kappa shape index (κ3) is 5.14. The van der Waals surface area contributed by atoms with Crippen molar-refractivity contribution < 1.29 is 19.4 Å². The van der Waals surface area contributed by atoms with E-state index >= 15 is 0 Å². The van der Waals surface area contributed by atoms with Crippen molar-refractivity contribution in [2.75, 3.05) is 13.8 Å². The van der Waals surface area contributed by atoms with Crippen LogP contribution in [0.2, 0.25) is 5.02 Å². The first-order valence-corrected chi connectivity index (χ1v) is 9.44. The molecule has 2 atom stereocenters. The zero-order chi connectivity index (χ0) is 20.8. The molecule has 0 saturated heterocycles. The second-order valence-corrected chi connectivity index (χ2v) is 6.98. The Balaban J connectivity index is 1.85. The van der Waals surface area contributed by atoms with Crippen LogP contribution in [-0.2, 0) is 16.0 Å². The van der Waals surface area contributed by atoms with Crippen LogP contribution >= 0.6 is 11.6 Å². The number of fused-ring (bicyclic) bond motifs is 1. The van der Waals surface area contributed by atoms with Gasteiger partial charge in [0.1, 0.15) is 12.4 Å². The number of aromatic nitrogens is 1. The highest BCUT2D eigenvalue weighted by atomic mass is 35.5. The van der Waals surface area contributed by atoms with Crippen LogP contribution < -0.4 is 10.6 Å². The zero-order valence-electron chi connectivity index (χ0n) is 15.8. The van der Waals surface area contributed by atoms with Crippen molar-refractivity contribution in [3.8, 4) is 0 Å². The molecule has 29 heavy (non-hydrogen) atoms. The molecule has 0 radical (unpaired) electrons. The summed E-state index contributed by atoms with van der Waals surface area (Å²) >= 11 is 6.01. The maximum atomic E-state index is 12.9. The highest BCUT2D eigenvalue weighted by Gasteiger charge is 2.30. The smallest absolute Gasteiger partial charge is 0.268 e. The maximum Gasteiger partial charge on any atom is 0.268 e. The standard InChI is InChI=1S/C21H22ClN3O4/c1-29-19(21(28)23-12-26)17(9-13-5-3-2-4-6-13)25-20(27)18-11-14-10-15(22)7-8-16(14)24-18/h2-8,10-11,17,19,24,26H,9,12H2,1H3,(H,23,28)(H,25,27). The summed E-state index contributed by atoms with van der Waals surface area (Å²) in [5.74, 6) is -0.892. The van der Waals surface area contributed by atoms with E-state index in [-0.39, 0.29) is 5.91 Å². The van der Waals surface area contributed by atoms with E-state index < -0.39 is 24.8 Å². The van der Waals surface area contributed by atoms with Gasteiger partial charge in [-0.05, 0) is 36.2 Å². The van der Waals surface area contributed by atoms with Crippen LogP contribution in [0.15, 0.2) is 54.6 Å². The summed E-state index contributed by atoms with van der Waals surface area (Å²) in [4.78, 5) is 28.3. The highest BCUT2D eigenvalue weighted by Crippen LogP contribution is 2.20. The normalized spacial score (nSPS) is 13.1. The highest BCUT2D eigenvalue weighted by molar-refractivity contribution is 6.31. The molecule has 0 aliphatic rings. The summed E-state index contributed by atoms with van der Waals surface area (Å²) in [5, 5.41) is 15.6. The molecular weight excluding hydrogens is 394 g/mol. The lowest BCUT2D eigenvalue weighted by Gasteiger charge is -2.26. The summed E-state index contributed by atoms with van der Waals surface area (Å²) in [7, 11) is 1.39. The molecule has 0 aliphatic carbocycles. The van der Waals surface area contributed by atoms with E-state index in [2.05, 4.69) is 15.6 Å². The van der Waals surface area contributed by atoms with Gasteiger partial charge >= 0.3 is 0 Å². The monoisotopic (exact) mass is 415 g/mol. The Bertz CT molecular complexity index is 990. The van der Waals surface area contributed by atoms with E-state index in [1.54, 1.807) is 24.3 Å². The summed E-state index contributed by atoms with van der Waals surface area (Å²) in [6.07, 6.45) is -0.610. The minimum absolute atomic E-state index is 0.345. The van der Waals surface area contributed by atoms with Crippen LogP contribution in [0.4, 0.5) is 0 Å². The van der Waals surface area contributed by atoms with Crippen molar-refractivity contribution in [1.29, 1.82) is 0 Å². The molecule has 7 nitrogen and oxygen atoms in total. The van der Waals surface area contributed by atoms with Crippen LogP contribution in [0.1, 0.15) is 16.1 Å². The lowest BCUT2D eigenvalue weighted by atomic mass is 10.00. The SMILES string of the molecule is COC(C(=O)NCO)C(Cc1ccccc1)NC(=O)c1cc2cc(Cl)ccc2[nH]1. The molecule has 1 aromatic heterocycles. The number of H-pyrrole nitrogens is 1. The van der Waals surface area contributed by atoms with Gasteiger partial charge < -0.3 is 25.5 Å². The largest absolute Gasteiger partial charge is 0.376 e. The first-order valence-electron chi connectivity index (χ1n) is 9.06. The molecule has 1 heterocycles. The van der Waals surface area contributed by atoms with Crippen LogP contribution in [0, 0.1) is 0 Å². The Labute approximate surface area is 173 Å². The second kappa shape index (κ2) is 9.56. The molecule has 152 valence electrons. The number of carbonyl (C=O) groups is 2. The number of methoxy groups -OCH3 is 1. The van der Waals surface area contributed by atoms with Crippen LogP contribution in [0.5, 0.6) is 0 Å². The van der Waals surface area contributed by atoms with Gasteiger partial charge in [-0.3, -0.25) is 9.59 Å². The Morgan fingerprint density at radius 1 is 1.17 bits per heavy atom. The van der Waals surface area contributed by atoms with Crippen LogP contribution in [-0.4, -0.2) is 47.9 Å². The van der Waals surface area contributed by atoms with Crippen molar-refractivity contribution in [3.05, 3.63) is 70.9 Å². The Morgan fingerprint density at radius 2 is 1.93 bits per heavy atom. The van der Waals surface area contributed by atoms with E-state index in [0.29, 0.717) is 17.1 Å². The van der Waals surface area contributed by atoms with Gasteiger partial charge in [-0.1, -0.05) is 41.9 Å². The molecule has 8 heteroatoms. The quantitative estimate of drug-likeness (QED) is 0.423. The number of nitrogens with one attached hydrogen (secondary N) is 3. The molecule has 0 spiro atoms. The number of amides is 2. The molecule has 0 fully saturated rings. The lowest BCUT2D eigenvalue weighted by Crippen LogP contribution is -2.52. The van der Waals surface area contributed by atoms with E-state index in [9.17, 15) is 9.59 Å². The first-order chi connectivity index (χ1) is 14.0. The average molecular weight is 416 g/mol. The molecule has 0 saturated carbocycles. The van der Waals surface area contributed by atoms with Gasteiger partial charge in [-0.15, -0.1) is 0 Å². The van der Waals surface area contributed by atoms with Crippen molar-refractivity contribution in [1.82, 2.24) is 15.6 Å². The number of aliphatic hydroxyl groups is 1. The first kappa shape index (κ1) is 20.9. The number of benzene rings is 2. The van der Waals surface area contributed by atoms with Gasteiger partial charge in [0.2, 0.25) is 0 Å². The van der Waals surface area contributed by atoms with Gasteiger partial charge in [-0.25, -0.2) is 0 Å². The number of halogens is 1. The molecular formula is C21H22ClN3O4. The van der Waals surface area contributed by atoms with Gasteiger partial charge in [-0.2, -0.15) is 0 Å². The Morgan fingerprint density at radius 3 is 2.62 bits per heavy atom. The fraction of sp³-hybridized carbons (Fsp3) is 0.238. The predicted octanol–water partition coefficient (Wildman–Crippen LogP) is 2.24. The molecule has 0 aliphatic heterocycles. The number of aliphatic hydroxyl groups excluding tert-OH is 1. The number of aromatic amines is 1. The van der Waals surface area contributed by atoms with Gasteiger partial charge in [0.05, 0.1) is 6.04 Å². The number of hydrogen-bond acceptors (Lipinski definition) is 4. The zero-order valence-corrected chi connectivity index (χ0v) is 16.6. The molecule has 4 N–H and O–H groups in total. The molecule has 3 aromatic rings. The summed E-state index contributed by atoms with van der Waals surface area (Å²) in [5.41, 5.74) is 2.05. The topological polar surface area (TPSA) is 103 Å². The summed E-state index contributed by atoms with van der Waals surface area (Å²) in [6, 6.07) is 15.8. The predicted molar refractivity (Wildman–Crippen MR) is 111 cm³/mol. The third-order valence-corrected chi connectivity index (χ3v) is 4.81. The molecule has 2 unspecified atom stereocenters. The van der Waals surface area contributed by atoms with E-state index in [4.69, 9.17) is 21.4 Å². The van der Waals surface area contributed by atoms with Crippen LogP contribution in [0.25, 0.3) is 10.9 Å². The number of carbonyl (C=O) groups excluding carboxylic acids is 2. The number of ether oxygens (including phenoxy) is 1. The number of hydrogen-bond donors (Lipinski definition) is 4. The molecule has 3 rings (SSSR count). The molecule has 2 aromatic carbocycles. The van der Waals surface area contributed by atoms with Crippen molar-refractivity contribution in [3.63, 3.8) is 0 Å². The van der Waals surface area contributed by atoms with E-state index in [0.717, 1.165) is 16.5 Å². The van der Waals surface area contributed by atoms with Crippen molar-refractivity contribution in [2.24, 2.45) is 0 Å². The van der Waals surface area contributed by atoms with E-state index in [1.165, 1.54) is 7.11 Å². The Kier molecular flexibility index (Phi) is 6.87.